The van der Waals surface area contributed by atoms with E-state index in [1.807, 2.05) is 16.8 Å². The molecule has 16 heavy (non-hydrogen) atoms. The Labute approximate surface area is 95.4 Å². The summed E-state index contributed by atoms with van der Waals surface area (Å²) in [6, 6.07) is 10.4. The van der Waals surface area contributed by atoms with E-state index in [9.17, 15) is 0 Å². The van der Waals surface area contributed by atoms with Crippen LogP contribution in [0.1, 0.15) is 11.3 Å². The quantitative estimate of drug-likeness (QED) is 0.825. The van der Waals surface area contributed by atoms with Crippen LogP contribution in [0.5, 0.6) is 0 Å². The van der Waals surface area contributed by atoms with Gasteiger partial charge >= 0.3 is 0 Å². The average molecular weight is 216 g/mol. The van der Waals surface area contributed by atoms with Crippen LogP contribution in [0.3, 0.4) is 0 Å². The number of hydrogen-bond acceptors (Lipinski definition) is 2. The van der Waals surface area contributed by atoms with Gasteiger partial charge in [-0.2, -0.15) is 0 Å². The summed E-state index contributed by atoms with van der Waals surface area (Å²) in [5, 5.41) is 8.79. The van der Waals surface area contributed by atoms with Gasteiger partial charge in [-0.25, -0.2) is 4.98 Å². The molecule has 3 nitrogen and oxygen atoms in total. The summed E-state index contributed by atoms with van der Waals surface area (Å²) >= 11 is 0. The average Bonchev–Trinajstić information content (AvgIpc) is 2.76. The van der Waals surface area contributed by atoms with Gasteiger partial charge in [0.25, 0.3) is 0 Å². The van der Waals surface area contributed by atoms with E-state index < -0.39 is 0 Å². The standard InChI is InChI=1S/C13H16N2O/c16-9-8-15-10-13(14-11-15)7-6-12-4-2-1-3-5-12/h1-5,10-11,16H,6-9H2. The van der Waals surface area contributed by atoms with Crippen LogP contribution in [-0.4, -0.2) is 21.3 Å². The zero-order valence-corrected chi connectivity index (χ0v) is 9.21. The molecule has 84 valence electrons. The lowest BCUT2D eigenvalue weighted by atomic mass is 10.1. The van der Waals surface area contributed by atoms with E-state index in [2.05, 4.69) is 29.2 Å². The number of hydrogen-bond donors (Lipinski definition) is 1. The first-order chi connectivity index (χ1) is 7.88. The molecule has 0 spiro atoms. The lowest BCUT2D eigenvalue weighted by molar-refractivity contribution is 0.276. The first-order valence-corrected chi connectivity index (χ1v) is 5.54. The Bertz CT molecular complexity index is 423. The van der Waals surface area contributed by atoms with Gasteiger partial charge in [0.05, 0.1) is 18.6 Å². The number of aliphatic hydroxyl groups excluding tert-OH is 1. The Morgan fingerprint density at radius 2 is 1.94 bits per heavy atom. The molecule has 3 heteroatoms. The fourth-order valence-corrected chi connectivity index (χ4v) is 1.69. The van der Waals surface area contributed by atoms with Gasteiger partial charge in [-0.1, -0.05) is 30.3 Å². The topological polar surface area (TPSA) is 38.0 Å². The molecule has 1 N–H and O–H groups in total. The molecule has 0 radical (unpaired) electrons. The van der Waals surface area contributed by atoms with E-state index in [-0.39, 0.29) is 6.61 Å². The first-order valence-electron chi connectivity index (χ1n) is 5.54. The first kappa shape index (κ1) is 10.9. The SMILES string of the molecule is OCCn1cnc(CCc2ccccc2)c1. The van der Waals surface area contributed by atoms with E-state index in [0.29, 0.717) is 6.54 Å². The van der Waals surface area contributed by atoms with Crippen LogP contribution in [-0.2, 0) is 19.4 Å². The van der Waals surface area contributed by atoms with Crippen molar-refractivity contribution in [2.75, 3.05) is 6.61 Å². The number of nitrogens with zero attached hydrogens (tertiary/aromatic N) is 2. The van der Waals surface area contributed by atoms with Crippen LogP contribution in [0.15, 0.2) is 42.9 Å². The maximum absolute atomic E-state index is 8.79. The lowest BCUT2D eigenvalue weighted by Gasteiger charge is -1.98. The van der Waals surface area contributed by atoms with Crippen molar-refractivity contribution in [3.05, 3.63) is 54.1 Å². The van der Waals surface area contributed by atoms with Gasteiger partial charge in [-0.15, -0.1) is 0 Å². The largest absolute Gasteiger partial charge is 0.395 e. The molecule has 0 fully saturated rings. The van der Waals surface area contributed by atoms with Gasteiger partial charge in [0.15, 0.2) is 0 Å². The molecule has 1 aromatic carbocycles. The Morgan fingerprint density at radius 1 is 1.12 bits per heavy atom. The van der Waals surface area contributed by atoms with Crippen LogP contribution in [0.4, 0.5) is 0 Å². The molecule has 1 aromatic heterocycles. The smallest absolute Gasteiger partial charge is 0.0950 e. The Balaban J connectivity index is 1.89. The molecule has 2 aromatic rings. The minimum absolute atomic E-state index is 0.161. The van der Waals surface area contributed by atoms with Gasteiger partial charge < -0.3 is 9.67 Å². The molecule has 0 atom stereocenters. The minimum atomic E-state index is 0.161. The predicted octanol–water partition coefficient (Wildman–Crippen LogP) is 1.66. The van der Waals surface area contributed by atoms with Crippen LogP contribution in [0.25, 0.3) is 0 Å². The van der Waals surface area contributed by atoms with E-state index in [0.717, 1.165) is 18.5 Å². The number of rotatable bonds is 5. The van der Waals surface area contributed by atoms with Crippen molar-refractivity contribution in [3.8, 4) is 0 Å². The summed E-state index contributed by atoms with van der Waals surface area (Å²) in [6.45, 7) is 0.785. The maximum atomic E-state index is 8.79. The summed E-state index contributed by atoms with van der Waals surface area (Å²) in [5.74, 6) is 0. The van der Waals surface area contributed by atoms with Gasteiger partial charge in [0, 0.05) is 12.7 Å². The van der Waals surface area contributed by atoms with Crippen LogP contribution in [0, 0.1) is 0 Å². The highest BCUT2D eigenvalue weighted by atomic mass is 16.3. The number of aryl methyl sites for hydroxylation is 2. The summed E-state index contributed by atoms with van der Waals surface area (Å²) < 4.78 is 1.92. The third kappa shape index (κ3) is 2.94. The molecule has 0 aliphatic carbocycles. The van der Waals surface area contributed by atoms with E-state index in [1.54, 1.807) is 6.33 Å². The number of imidazole rings is 1. The third-order valence-electron chi connectivity index (χ3n) is 2.56. The number of aromatic nitrogens is 2. The monoisotopic (exact) mass is 216 g/mol. The second-order valence-corrected chi connectivity index (χ2v) is 3.81. The summed E-state index contributed by atoms with van der Waals surface area (Å²) in [7, 11) is 0. The molecule has 1 heterocycles. The molecule has 2 rings (SSSR count). The molecule has 0 aliphatic rings. The summed E-state index contributed by atoms with van der Waals surface area (Å²) in [4.78, 5) is 4.30. The fraction of sp³-hybridized carbons (Fsp3) is 0.308. The van der Waals surface area contributed by atoms with Crippen molar-refractivity contribution in [3.63, 3.8) is 0 Å². The highest BCUT2D eigenvalue weighted by molar-refractivity contribution is 5.16. The van der Waals surface area contributed by atoms with E-state index >= 15 is 0 Å². The van der Waals surface area contributed by atoms with Crippen molar-refractivity contribution in [1.29, 1.82) is 0 Å². The number of benzene rings is 1. The molecule has 0 amide bonds. The second-order valence-electron chi connectivity index (χ2n) is 3.81. The Hall–Kier alpha value is -1.61. The van der Waals surface area contributed by atoms with Gasteiger partial charge in [0.2, 0.25) is 0 Å². The maximum Gasteiger partial charge on any atom is 0.0950 e. The zero-order valence-electron chi connectivity index (χ0n) is 9.21. The normalized spacial score (nSPS) is 10.6. The van der Waals surface area contributed by atoms with Gasteiger partial charge in [0.1, 0.15) is 0 Å². The zero-order chi connectivity index (χ0) is 11.2. The highest BCUT2D eigenvalue weighted by Gasteiger charge is 1.99. The highest BCUT2D eigenvalue weighted by Crippen LogP contribution is 2.05. The Morgan fingerprint density at radius 3 is 2.69 bits per heavy atom. The van der Waals surface area contributed by atoms with Crippen molar-refractivity contribution in [2.45, 2.75) is 19.4 Å². The fourth-order valence-electron chi connectivity index (χ4n) is 1.69. The van der Waals surface area contributed by atoms with E-state index in [1.165, 1.54) is 5.56 Å². The molecule has 0 unspecified atom stereocenters. The minimum Gasteiger partial charge on any atom is -0.395 e. The Kier molecular flexibility index (Phi) is 3.72. The van der Waals surface area contributed by atoms with Gasteiger partial charge in [-0.05, 0) is 18.4 Å². The second kappa shape index (κ2) is 5.47. The summed E-state index contributed by atoms with van der Waals surface area (Å²) in [6.07, 6.45) is 5.73. The van der Waals surface area contributed by atoms with Crippen LogP contribution in [0.2, 0.25) is 0 Å². The van der Waals surface area contributed by atoms with Crippen LogP contribution < -0.4 is 0 Å². The lowest BCUT2D eigenvalue weighted by Crippen LogP contribution is -1.98. The van der Waals surface area contributed by atoms with Crippen molar-refractivity contribution >= 4 is 0 Å². The molecule has 0 saturated carbocycles. The van der Waals surface area contributed by atoms with Crippen molar-refractivity contribution in [2.24, 2.45) is 0 Å². The summed E-state index contributed by atoms with van der Waals surface area (Å²) in [5.41, 5.74) is 2.41. The third-order valence-corrected chi connectivity index (χ3v) is 2.56. The molecular formula is C13H16N2O. The predicted molar refractivity (Wildman–Crippen MR) is 63.2 cm³/mol. The van der Waals surface area contributed by atoms with Gasteiger partial charge in [-0.3, -0.25) is 0 Å². The molecule has 0 saturated heterocycles. The molecule has 0 bridgehead atoms. The van der Waals surface area contributed by atoms with Crippen molar-refractivity contribution < 1.29 is 5.11 Å². The van der Waals surface area contributed by atoms with Crippen LogP contribution >= 0.6 is 0 Å². The van der Waals surface area contributed by atoms with E-state index in [4.69, 9.17) is 5.11 Å². The number of aliphatic hydroxyl groups is 1. The molecular weight excluding hydrogens is 200 g/mol. The molecule has 0 aliphatic heterocycles. The van der Waals surface area contributed by atoms with Crippen molar-refractivity contribution in [1.82, 2.24) is 9.55 Å².